The van der Waals surface area contributed by atoms with Gasteiger partial charge < -0.3 is 5.32 Å². The standard InChI is InChI=1S/C24H20Cl3NO2S/c1-17-12-14-20(15-13-17)31(30)21(16-18-8-4-2-5-9-18)22(19-10-6-3-7-11-19)28-23(29)24(25,26)27/h2-16,22H,1H3,(H,28,29)/b21-16-/t22-,31-/m0/s1. The van der Waals surface area contributed by atoms with Gasteiger partial charge in [0.1, 0.15) is 0 Å². The SMILES string of the molecule is Cc1ccc([S@](=O)/C(=C\c2ccccc2)[C@@H](NC(=O)C(Cl)(Cl)Cl)c2ccccc2)cc1. The number of halogens is 3. The molecule has 2 atom stereocenters. The van der Waals surface area contributed by atoms with E-state index in [0.717, 1.165) is 11.1 Å². The second-order valence-electron chi connectivity index (χ2n) is 6.85. The van der Waals surface area contributed by atoms with E-state index in [1.165, 1.54) is 0 Å². The molecule has 0 unspecified atom stereocenters. The zero-order chi connectivity index (χ0) is 22.4. The molecule has 0 aliphatic carbocycles. The van der Waals surface area contributed by atoms with Crippen molar-refractivity contribution in [2.45, 2.75) is 21.7 Å². The van der Waals surface area contributed by atoms with Gasteiger partial charge in [-0.25, -0.2) is 4.21 Å². The first-order chi connectivity index (χ1) is 14.8. The second kappa shape index (κ2) is 10.5. The first-order valence-electron chi connectivity index (χ1n) is 9.43. The summed E-state index contributed by atoms with van der Waals surface area (Å²) in [4.78, 5) is 13.6. The number of benzene rings is 3. The second-order valence-corrected chi connectivity index (χ2v) is 10.6. The van der Waals surface area contributed by atoms with E-state index in [0.29, 0.717) is 15.4 Å². The highest BCUT2D eigenvalue weighted by Gasteiger charge is 2.34. The molecule has 31 heavy (non-hydrogen) atoms. The maximum Gasteiger partial charge on any atom is 0.272 e. The molecule has 0 aliphatic heterocycles. The Morgan fingerprint density at radius 1 is 0.903 bits per heavy atom. The van der Waals surface area contributed by atoms with Crippen molar-refractivity contribution in [2.75, 3.05) is 0 Å². The van der Waals surface area contributed by atoms with Crippen LogP contribution >= 0.6 is 34.8 Å². The van der Waals surface area contributed by atoms with E-state index in [4.69, 9.17) is 34.8 Å². The van der Waals surface area contributed by atoms with E-state index >= 15 is 0 Å². The number of carbonyl (C=O) groups is 1. The molecule has 0 fully saturated rings. The van der Waals surface area contributed by atoms with Crippen LogP contribution in [0.5, 0.6) is 0 Å². The Kier molecular flexibility index (Phi) is 7.95. The average molecular weight is 493 g/mol. The zero-order valence-electron chi connectivity index (χ0n) is 16.6. The number of hydrogen-bond acceptors (Lipinski definition) is 2. The Hall–Kier alpha value is -2.11. The Morgan fingerprint density at radius 2 is 1.45 bits per heavy atom. The van der Waals surface area contributed by atoms with E-state index in [9.17, 15) is 9.00 Å². The Bertz CT molecular complexity index is 1080. The molecular weight excluding hydrogens is 473 g/mol. The fourth-order valence-electron chi connectivity index (χ4n) is 2.93. The van der Waals surface area contributed by atoms with Crippen LogP contribution in [0.2, 0.25) is 0 Å². The number of rotatable bonds is 6. The van der Waals surface area contributed by atoms with Gasteiger partial charge in [0.05, 0.1) is 16.8 Å². The molecule has 1 amide bonds. The number of amides is 1. The molecule has 3 aromatic carbocycles. The van der Waals surface area contributed by atoms with Gasteiger partial charge in [-0.1, -0.05) is 113 Å². The summed E-state index contributed by atoms with van der Waals surface area (Å²) in [7, 11) is -1.59. The smallest absolute Gasteiger partial charge is 0.272 e. The number of aryl methyl sites for hydroxylation is 1. The van der Waals surface area contributed by atoms with Crippen molar-refractivity contribution >= 4 is 57.6 Å². The molecule has 0 aliphatic rings. The molecule has 0 radical (unpaired) electrons. The topological polar surface area (TPSA) is 46.2 Å². The molecule has 0 spiro atoms. The first kappa shape index (κ1) is 23.6. The lowest BCUT2D eigenvalue weighted by molar-refractivity contribution is -0.120. The summed E-state index contributed by atoms with van der Waals surface area (Å²) < 4.78 is 11.5. The van der Waals surface area contributed by atoms with Crippen LogP contribution in [-0.2, 0) is 15.6 Å². The minimum atomic E-state index is -2.16. The molecule has 0 aromatic heterocycles. The minimum Gasteiger partial charge on any atom is -0.341 e. The number of carbonyl (C=O) groups excluding carboxylic acids is 1. The first-order valence-corrected chi connectivity index (χ1v) is 11.7. The Morgan fingerprint density at radius 3 is 2.00 bits per heavy atom. The summed E-state index contributed by atoms with van der Waals surface area (Å²) in [6.45, 7) is 1.96. The van der Waals surface area contributed by atoms with Crippen molar-refractivity contribution in [1.29, 1.82) is 0 Å². The third-order valence-electron chi connectivity index (χ3n) is 4.51. The summed E-state index contributed by atoms with van der Waals surface area (Å²) in [5, 5.41) is 2.76. The van der Waals surface area contributed by atoms with E-state index in [1.807, 2.05) is 91.9 Å². The van der Waals surface area contributed by atoms with E-state index in [1.54, 1.807) is 6.08 Å². The van der Waals surface area contributed by atoms with Crippen molar-refractivity contribution in [2.24, 2.45) is 0 Å². The Labute approximate surface area is 199 Å². The average Bonchev–Trinajstić information content (AvgIpc) is 2.76. The molecule has 160 valence electrons. The van der Waals surface area contributed by atoms with Crippen molar-refractivity contribution in [1.82, 2.24) is 5.32 Å². The molecule has 3 aromatic rings. The zero-order valence-corrected chi connectivity index (χ0v) is 19.7. The number of nitrogens with one attached hydrogen (secondary N) is 1. The molecular formula is C24H20Cl3NO2S. The molecule has 1 N–H and O–H groups in total. The van der Waals surface area contributed by atoms with Crippen LogP contribution in [0.4, 0.5) is 0 Å². The van der Waals surface area contributed by atoms with Crippen LogP contribution in [0, 0.1) is 6.92 Å². The highest BCUT2D eigenvalue weighted by Crippen LogP contribution is 2.33. The van der Waals surface area contributed by atoms with Gasteiger partial charge >= 0.3 is 0 Å². The lowest BCUT2D eigenvalue weighted by atomic mass is 10.0. The van der Waals surface area contributed by atoms with Crippen LogP contribution in [0.1, 0.15) is 22.7 Å². The minimum absolute atomic E-state index is 0.462. The van der Waals surface area contributed by atoms with Crippen molar-refractivity contribution in [3.05, 3.63) is 107 Å². The van der Waals surface area contributed by atoms with Gasteiger partial charge in [0, 0.05) is 9.80 Å². The molecule has 3 nitrogen and oxygen atoms in total. The lowest BCUT2D eigenvalue weighted by Crippen LogP contribution is -2.38. The van der Waals surface area contributed by atoms with Crippen LogP contribution in [0.15, 0.2) is 94.7 Å². The van der Waals surface area contributed by atoms with Crippen LogP contribution in [-0.4, -0.2) is 13.9 Å². The molecule has 0 bridgehead atoms. The fourth-order valence-corrected chi connectivity index (χ4v) is 4.40. The van der Waals surface area contributed by atoms with Gasteiger partial charge in [0.15, 0.2) is 0 Å². The van der Waals surface area contributed by atoms with Gasteiger partial charge in [0.25, 0.3) is 9.70 Å². The third kappa shape index (κ3) is 6.44. The molecule has 0 heterocycles. The normalized spacial score (nSPS) is 14.0. The summed E-state index contributed by atoms with van der Waals surface area (Å²) in [5.74, 6) is -0.800. The highest BCUT2D eigenvalue weighted by molar-refractivity contribution is 7.89. The molecule has 3 rings (SSSR count). The van der Waals surface area contributed by atoms with E-state index in [-0.39, 0.29) is 0 Å². The van der Waals surface area contributed by atoms with Crippen molar-refractivity contribution < 1.29 is 9.00 Å². The Balaban J connectivity index is 2.14. The van der Waals surface area contributed by atoms with Gasteiger partial charge in [-0.05, 0) is 36.3 Å². The van der Waals surface area contributed by atoms with Crippen LogP contribution in [0.25, 0.3) is 6.08 Å². The summed E-state index contributed by atoms with van der Waals surface area (Å²) in [5.41, 5.74) is 2.60. The maximum absolute atomic E-state index is 13.7. The summed E-state index contributed by atoms with van der Waals surface area (Å²) in [6.07, 6.45) is 1.80. The number of hydrogen-bond donors (Lipinski definition) is 1. The van der Waals surface area contributed by atoms with Crippen LogP contribution < -0.4 is 5.32 Å². The predicted octanol–water partition coefficient (Wildman–Crippen LogP) is 6.37. The largest absolute Gasteiger partial charge is 0.341 e. The van der Waals surface area contributed by atoms with E-state index in [2.05, 4.69) is 5.32 Å². The maximum atomic E-state index is 13.7. The quantitative estimate of drug-likeness (QED) is 0.406. The van der Waals surface area contributed by atoms with E-state index < -0.39 is 26.5 Å². The predicted molar refractivity (Wildman–Crippen MR) is 130 cm³/mol. The van der Waals surface area contributed by atoms with Crippen molar-refractivity contribution in [3.63, 3.8) is 0 Å². The van der Waals surface area contributed by atoms with Gasteiger partial charge in [-0.2, -0.15) is 0 Å². The third-order valence-corrected chi connectivity index (χ3v) is 6.50. The molecule has 7 heteroatoms. The monoisotopic (exact) mass is 491 g/mol. The van der Waals surface area contributed by atoms with Gasteiger partial charge in [-0.3, -0.25) is 4.79 Å². The lowest BCUT2D eigenvalue weighted by Gasteiger charge is -2.24. The highest BCUT2D eigenvalue weighted by atomic mass is 35.6. The van der Waals surface area contributed by atoms with Gasteiger partial charge in [0.2, 0.25) is 0 Å². The van der Waals surface area contributed by atoms with Crippen LogP contribution in [0.3, 0.4) is 0 Å². The molecule has 0 saturated heterocycles. The molecule has 0 saturated carbocycles. The number of alkyl halides is 3. The van der Waals surface area contributed by atoms with Gasteiger partial charge in [-0.15, -0.1) is 0 Å². The van der Waals surface area contributed by atoms with Crippen molar-refractivity contribution in [3.8, 4) is 0 Å². The summed E-state index contributed by atoms with van der Waals surface area (Å²) in [6, 6.07) is 25.3. The summed E-state index contributed by atoms with van der Waals surface area (Å²) >= 11 is 17.5. The fraction of sp³-hybridized carbons (Fsp3) is 0.125.